The largest absolute Gasteiger partial charge is 0.473 e. The summed E-state index contributed by atoms with van der Waals surface area (Å²) in [5.41, 5.74) is 1.95. The van der Waals surface area contributed by atoms with Crippen molar-refractivity contribution in [1.29, 1.82) is 0 Å². The average Bonchev–Trinajstić information content (AvgIpc) is 3.33. The van der Waals surface area contributed by atoms with Crippen LogP contribution < -0.4 is 4.74 Å². The summed E-state index contributed by atoms with van der Waals surface area (Å²) in [6.07, 6.45) is 3.04. The molecule has 0 aliphatic heterocycles. The first-order valence-corrected chi connectivity index (χ1v) is 12.9. The molecule has 164 valence electrons. The van der Waals surface area contributed by atoms with Gasteiger partial charge in [-0.15, -0.1) is 34.9 Å². The second-order valence-corrected chi connectivity index (χ2v) is 11.0. The quantitative estimate of drug-likeness (QED) is 0.149. The molecule has 0 saturated carbocycles. The van der Waals surface area contributed by atoms with Gasteiger partial charge in [-0.25, -0.2) is 14.6 Å². The number of thiophene rings is 1. The van der Waals surface area contributed by atoms with E-state index in [1.807, 2.05) is 17.5 Å². The van der Waals surface area contributed by atoms with E-state index in [-0.39, 0.29) is 11.3 Å². The molecule has 0 amide bonds. The Kier molecular flexibility index (Phi) is 9.00. The number of carbonyl (C=O) groups excluding carboxylic acids is 1. The first kappa shape index (κ1) is 24.3. The highest BCUT2D eigenvalue weighted by molar-refractivity contribution is 8.15. The van der Waals surface area contributed by atoms with Gasteiger partial charge < -0.3 is 9.84 Å². The number of thioether (sulfide) groups is 2. The molecule has 2 aromatic heterocycles. The fourth-order valence-electron chi connectivity index (χ4n) is 2.55. The van der Waals surface area contributed by atoms with Gasteiger partial charge in [-0.1, -0.05) is 40.9 Å². The Balaban J connectivity index is 1.73. The number of nitrogens with zero attached hydrogens (tertiary/aromatic N) is 2. The van der Waals surface area contributed by atoms with Gasteiger partial charge in [0, 0.05) is 39.8 Å². The van der Waals surface area contributed by atoms with E-state index < -0.39 is 11.9 Å². The standard InChI is InChI=1S/C19H15Cl3N2O4S3/c20-12-1-2-13(14(21)7-12)15(31-10-29-9-11-3-6-30-16(11)22)8-24-5-4-23-19(24)28-18(27)17(25)26/h1-7,15H,8-10H2,(H,25,26). The molecule has 6 nitrogen and oxygen atoms in total. The number of hydrogen-bond acceptors (Lipinski definition) is 7. The molecule has 31 heavy (non-hydrogen) atoms. The molecule has 0 aliphatic rings. The van der Waals surface area contributed by atoms with Gasteiger partial charge >= 0.3 is 17.9 Å². The molecular formula is C19H15Cl3N2O4S3. The first-order chi connectivity index (χ1) is 14.8. The van der Waals surface area contributed by atoms with Crippen molar-refractivity contribution in [1.82, 2.24) is 9.55 Å². The maximum absolute atomic E-state index is 11.4. The number of halogens is 3. The minimum Gasteiger partial charge on any atom is -0.473 e. The highest BCUT2D eigenvalue weighted by Gasteiger charge is 2.22. The predicted molar refractivity (Wildman–Crippen MR) is 128 cm³/mol. The van der Waals surface area contributed by atoms with Crippen LogP contribution in [-0.4, -0.2) is 31.7 Å². The van der Waals surface area contributed by atoms with Crippen molar-refractivity contribution < 1.29 is 19.4 Å². The van der Waals surface area contributed by atoms with Crippen LogP contribution in [0, 0.1) is 0 Å². The smallest absolute Gasteiger partial charge is 0.425 e. The summed E-state index contributed by atoms with van der Waals surface area (Å²) >= 11 is 23.5. The van der Waals surface area contributed by atoms with Gasteiger partial charge in [0.1, 0.15) is 0 Å². The molecule has 3 rings (SSSR count). The van der Waals surface area contributed by atoms with Gasteiger partial charge in [0.05, 0.1) is 9.59 Å². The number of esters is 1. The summed E-state index contributed by atoms with van der Waals surface area (Å²) in [6.45, 7) is 0.355. The monoisotopic (exact) mass is 536 g/mol. The van der Waals surface area contributed by atoms with Crippen molar-refractivity contribution in [3.8, 4) is 6.01 Å². The number of carboxylic acids is 1. The zero-order valence-electron chi connectivity index (χ0n) is 15.7. The zero-order chi connectivity index (χ0) is 22.4. The molecule has 1 aromatic carbocycles. The lowest BCUT2D eigenvalue weighted by atomic mass is 10.1. The van der Waals surface area contributed by atoms with Crippen molar-refractivity contribution in [2.75, 3.05) is 5.08 Å². The SMILES string of the molecule is O=C(O)C(=O)Oc1nccn1CC(SCSCc1ccsc1Cl)c1ccc(Cl)cc1Cl. The van der Waals surface area contributed by atoms with E-state index in [2.05, 4.69) is 4.98 Å². The molecule has 12 heteroatoms. The van der Waals surface area contributed by atoms with Gasteiger partial charge in [0.15, 0.2) is 0 Å². The van der Waals surface area contributed by atoms with Crippen LogP contribution in [0.25, 0.3) is 0 Å². The summed E-state index contributed by atoms with van der Waals surface area (Å²) < 4.78 is 7.22. The van der Waals surface area contributed by atoms with Crippen LogP contribution in [-0.2, 0) is 21.9 Å². The van der Waals surface area contributed by atoms with E-state index >= 15 is 0 Å². The van der Waals surface area contributed by atoms with Gasteiger partial charge in [0.2, 0.25) is 0 Å². The van der Waals surface area contributed by atoms with E-state index in [9.17, 15) is 9.59 Å². The molecule has 3 aromatic rings. The second-order valence-electron chi connectivity index (χ2n) is 6.06. The molecule has 2 heterocycles. The van der Waals surface area contributed by atoms with Crippen LogP contribution in [0.1, 0.15) is 16.4 Å². The average molecular weight is 538 g/mol. The summed E-state index contributed by atoms with van der Waals surface area (Å²) in [6, 6.07) is 7.19. The lowest BCUT2D eigenvalue weighted by Gasteiger charge is -2.20. The Morgan fingerprint density at radius 2 is 2.06 bits per heavy atom. The van der Waals surface area contributed by atoms with E-state index in [4.69, 9.17) is 44.6 Å². The number of carbonyl (C=O) groups is 2. The molecule has 0 aliphatic carbocycles. The van der Waals surface area contributed by atoms with Gasteiger partial charge in [0.25, 0.3) is 0 Å². The van der Waals surface area contributed by atoms with Crippen molar-refractivity contribution >= 4 is 81.6 Å². The Hall–Kier alpha value is -1.36. The van der Waals surface area contributed by atoms with Crippen molar-refractivity contribution in [2.45, 2.75) is 17.5 Å². The number of aliphatic carboxylic acids is 1. The zero-order valence-corrected chi connectivity index (χ0v) is 20.4. The summed E-state index contributed by atoms with van der Waals surface area (Å²) in [7, 11) is 0. The molecule has 0 spiro atoms. The van der Waals surface area contributed by atoms with Crippen LogP contribution in [0.4, 0.5) is 0 Å². The van der Waals surface area contributed by atoms with E-state index in [0.29, 0.717) is 16.6 Å². The molecule has 1 atom stereocenters. The summed E-state index contributed by atoms with van der Waals surface area (Å²) in [4.78, 5) is 26.2. The second kappa shape index (κ2) is 11.5. The fraction of sp³-hybridized carbons (Fsp3) is 0.211. The lowest BCUT2D eigenvalue weighted by molar-refractivity contribution is -0.158. The van der Waals surface area contributed by atoms with Crippen LogP contribution in [0.15, 0.2) is 42.0 Å². The number of imidazole rings is 1. The van der Waals surface area contributed by atoms with Gasteiger partial charge in [-0.3, -0.25) is 4.57 Å². The van der Waals surface area contributed by atoms with Gasteiger partial charge in [-0.05, 0) is 34.7 Å². The number of benzene rings is 1. The van der Waals surface area contributed by atoms with Crippen LogP contribution in [0.5, 0.6) is 6.01 Å². The Morgan fingerprint density at radius 3 is 2.74 bits per heavy atom. The highest BCUT2D eigenvalue weighted by atomic mass is 35.5. The number of hydrogen-bond donors (Lipinski definition) is 1. The van der Waals surface area contributed by atoms with Crippen molar-refractivity contribution in [3.63, 3.8) is 0 Å². The van der Waals surface area contributed by atoms with Gasteiger partial charge in [-0.2, -0.15) is 0 Å². The van der Waals surface area contributed by atoms with E-state index in [1.54, 1.807) is 46.4 Å². The molecule has 0 bridgehead atoms. The molecule has 0 fully saturated rings. The first-order valence-electron chi connectivity index (χ1n) is 8.67. The van der Waals surface area contributed by atoms with E-state index in [0.717, 1.165) is 26.3 Å². The molecule has 1 unspecified atom stereocenters. The van der Waals surface area contributed by atoms with Crippen molar-refractivity contribution in [2.24, 2.45) is 0 Å². The molecule has 0 saturated heterocycles. The third-order valence-corrected chi connectivity index (χ3v) is 8.36. The maximum atomic E-state index is 11.4. The number of rotatable bonds is 9. The Bertz CT molecular complexity index is 1070. The predicted octanol–water partition coefficient (Wildman–Crippen LogP) is 6.26. The minimum absolute atomic E-state index is 0.0965. The Labute approximate surface area is 205 Å². The third-order valence-electron chi connectivity index (χ3n) is 4.01. The normalized spacial score (nSPS) is 12.0. The molecule has 1 N–H and O–H groups in total. The van der Waals surface area contributed by atoms with Crippen molar-refractivity contribution in [3.05, 3.63) is 67.5 Å². The number of carboxylic acid groups (broad SMARTS) is 1. The lowest BCUT2D eigenvalue weighted by Crippen LogP contribution is -2.21. The van der Waals surface area contributed by atoms with Crippen LogP contribution >= 0.6 is 69.7 Å². The Morgan fingerprint density at radius 1 is 1.26 bits per heavy atom. The molecule has 0 radical (unpaired) electrons. The van der Waals surface area contributed by atoms with Crippen LogP contribution in [0.2, 0.25) is 14.4 Å². The fourth-order valence-corrected chi connectivity index (χ4v) is 6.74. The number of ether oxygens (including phenoxy) is 1. The number of aromatic nitrogens is 2. The highest BCUT2D eigenvalue weighted by Crippen LogP contribution is 2.39. The topological polar surface area (TPSA) is 81.4 Å². The molecular weight excluding hydrogens is 523 g/mol. The van der Waals surface area contributed by atoms with E-state index in [1.165, 1.54) is 17.5 Å². The summed E-state index contributed by atoms with van der Waals surface area (Å²) in [5.74, 6) is -2.31. The van der Waals surface area contributed by atoms with Crippen LogP contribution in [0.3, 0.4) is 0 Å². The third kappa shape index (κ3) is 6.81. The minimum atomic E-state index is -1.69. The summed E-state index contributed by atoms with van der Waals surface area (Å²) in [5, 5.41) is 12.4. The maximum Gasteiger partial charge on any atom is 0.425 e.